The Morgan fingerprint density at radius 1 is 0.788 bits per heavy atom. The lowest BCUT2D eigenvalue weighted by molar-refractivity contribution is -0.138. The van der Waals surface area contributed by atoms with Gasteiger partial charge in [0, 0.05) is 13.1 Å². The molecule has 0 bridgehead atoms. The van der Waals surface area contributed by atoms with Gasteiger partial charge in [-0.05, 0) is 29.0 Å². The maximum Gasteiger partial charge on any atom is 0.245 e. The molecule has 33 heavy (non-hydrogen) atoms. The molecule has 0 radical (unpaired) electrons. The SMILES string of the molecule is CCC(C)C(NC(=O)Cc1ccccc1)C(=O)N(CCc1ccccc1)Cc1ccccc1. The zero-order chi connectivity index (χ0) is 23.5. The van der Waals surface area contributed by atoms with Gasteiger partial charge in [-0.15, -0.1) is 0 Å². The molecule has 2 amide bonds. The van der Waals surface area contributed by atoms with Crippen molar-refractivity contribution >= 4 is 11.8 Å². The topological polar surface area (TPSA) is 49.4 Å². The Labute approximate surface area is 197 Å². The molecule has 1 N–H and O–H groups in total. The van der Waals surface area contributed by atoms with E-state index in [1.165, 1.54) is 5.56 Å². The van der Waals surface area contributed by atoms with Crippen LogP contribution in [-0.4, -0.2) is 29.3 Å². The molecule has 4 heteroatoms. The van der Waals surface area contributed by atoms with Gasteiger partial charge in [0.1, 0.15) is 6.04 Å². The minimum Gasteiger partial charge on any atom is -0.344 e. The summed E-state index contributed by atoms with van der Waals surface area (Å²) in [6.45, 7) is 5.20. The van der Waals surface area contributed by atoms with E-state index in [2.05, 4.69) is 24.4 Å². The number of nitrogens with zero attached hydrogens (tertiary/aromatic N) is 1. The monoisotopic (exact) mass is 442 g/mol. The molecular formula is C29H34N2O2. The predicted octanol–water partition coefficient (Wildman–Crippen LogP) is 5.03. The van der Waals surface area contributed by atoms with Crippen LogP contribution in [0.25, 0.3) is 0 Å². The van der Waals surface area contributed by atoms with Crippen LogP contribution in [0.1, 0.15) is 37.0 Å². The summed E-state index contributed by atoms with van der Waals surface area (Å²) in [5.74, 6) is -0.111. The maximum absolute atomic E-state index is 13.8. The van der Waals surface area contributed by atoms with Crippen LogP contribution in [0.4, 0.5) is 0 Å². The van der Waals surface area contributed by atoms with Gasteiger partial charge in [0.25, 0.3) is 0 Å². The number of hydrogen-bond donors (Lipinski definition) is 1. The van der Waals surface area contributed by atoms with Gasteiger partial charge < -0.3 is 10.2 Å². The molecule has 0 aliphatic carbocycles. The molecule has 3 rings (SSSR count). The number of amides is 2. The fraction of sp³-hybridized carbons (Fsp3) is 0.310. The van der Waals surface area contributed by atoms with Gasteiger partial charge in [-0.25, -0.2) is 0 Å². The number of carbonyl (C=O) groups is 2. The Kier molecular flexibility index (Phi) is 9.25. The summed E-state index contributed by atoms with van der Waals surface area (Å²) >= 11 is 0. The summed E-state index contributed by atoms with van der Waals surface area (Å²) in [5, 5.41) is 3.05. The third-order valence-electron chi connectivity index (χ3n) is 6.04. The van der Waals surface area contributed by atoms with E-state index in [0.29, 0.717) is 13.1 Å². The van der Waals surface area contributed by atoms with Crippen molar-refractivity contribution in [2.45, 2.75) is 45.7 Å². The number of carbonyl (C=O) groups excluding carboxylic acids is 2. The first-order chi connectivity index (χ1) is 16.1. The Morgan fingerprint density at radius 2 is 1.30 bits per heavy atom. The smallest absolute Gasteiger partial charge is 0.245 e. The van der Waals surface area contributed by atoms with E-state index >= 15 is 0 Å². The third kappa shape index (κ3) is 7.60. The zero-order valence-corrected chi connectivity index (χ0v) is 19.6. The minimum absolute atomic E-state index is 0.0226. The first-order valence-corrected chi connectivity index (χ1v) is 11.8. The maximum atomic E-state index is 13.8. The first kappa shape index (κ1) is 24.2. The van der Waals surface area contributed by atoms with Crippen molar-refractivity contribution in [1.29, 1.82) is 0 Å². The summed E-state index contributed by atoms with van der Waals surface area (Å²) in [4.78, 5) is 28.5. The van der Waals surface area contributed by atoms with Crippen LogP contribution in [0.5, 0.6) is 0 Å². The van der Waals surface area contributed by atoms with Gasteiger partial charge in [0.05, 0.1) is 6.42 Å². The predicted molar refractivity (Wildman–Crippen MR) is 134 cm³/mol. The highest BCUT2D eigenvalue weighted by Gasteiger charge is 2.30. The van der Waals surface area contributed by atoms with E-state index in [1.54, 1.807) is 0 Å². The Bertz CT molecular complexity index is 990. The summed E-state index contributed by atoms with van der Waals surface area (Å²) in [6.07, 6.45) is 1.84. The summed E-state index contributed by atoms with van der Waals surface area (Å²) in [6, 6.07) is 29.3. The highest BCUT2D eigenvalue weighted by Crippen LogP contribution is 2.15. The largest absolute Gasteiger partial charge is 0.344 e. The van der Waals surface area contributed by atoms with Gasteiger partial charge in [0.2, 0.25) is 11.8 Å². The molecule has 0 fully saturated rings. The first-order valence-electron chi connectivity index (χ1n) is 11.8. The Morgan fingerprint density at radius 3 is 1.85 bits per heavy atom. The van der Waals surface area contributed by atoms with Crippen molar-refractivity contribution in [3.05, 3.63) is 108 Å². The average Bonchev–Trinajstić information content (AvgIpc) is 2.86. The molecule has 0 aromatic heterocycles. The van der Waals surface area contributed by atoms with Crippen molar-refractivity contribution in [2.75, 3.05) is 6.54 Å². The Hall–Kier alpha value is -3.40. The molecule has 4 nitrogen and oxygen atoms in total. The van der Waals surface area contributed by atoms with Gasteiger partial charge in [-0.1, -0.05) is 111 Å². The lowest BCUT2D eigenvalue weighted by Crippen LogP contribution is -2.52. The standard InChI is InChI=1S/C29H34N2O2/c1-3-23(2)28(30-27(32)21-25-15-9-5-10-16-25)29(33)31(22-26-17-11-6-12-18-26)20-19-24-13-7-4-8-14-24/h4-18,23,28H,3,19-22H2,1-2H3,(H,30,32). The van der Waals surface area contributed by atoms with Crippen LogP contribution in [-0.2, 0) is 29.0 Å². The van der Waals surface area contributed by atoms with Crippen LogP contribution in [0, 0.1) is 5.92 Å². The number of hydrogen-bond acceptors (Lipinski definition) is 2. The van der Waals surface area contributed by atoms with Gasteiger partial charge in [0.15, 0.2) is 0 Å². The second-order valence-electron chi connectivity index (χ2n) is 8.57. The normalized spacial score (nSPS) is 12.5. The lowest BCUT2D eigenvalue weighted by atomic mass is 9.96. The van der Waals surface area contributed by atoms with Crippen molar-refractivity contribution in [1.82, 2.24) is 10.2 Å². The van der Waals surface area contributed by atoms with Gasteiger partial charge in [-0.3, -0.25) is 9.59 Å². The molecule has 0 aliphatic rings. The van der Waals surface area contributed by atoms with Crippen LogP contribution in [0.3, 0.4) is 0 Å². The molecule has 3 aromatic carbocycles. The summed E-state index contributed by atoms with van der Waals surface area (Å²) in [7, 11) is 0. The van der Waals surface area contributed by atoms with E-state index in [9.17, 15) is 9.59 Å². The molecule has 2 atom stereocenters. The number of rotatable bonds is 11. The molecule has 172 valence electrons. The fourth-order valence-corrected chi connectivity index (χ4v) is 3.87. The average molecular weight is 443 g/mol. The molecule has 2 unspecified atom stereocenters. The molecular weight excluding hydrogens is 408 g/mol. The van der Waals surface area contributed by atoms with Crippen LogP contribution in [0.15, 0.2) is 91.0 Å². The number of nitrogens with one attached hydrogen (secondary N) is 1. The van der Waals surface area contributed by atoms with Crippen molar-refractivity contribution in [3.8, 4) is 0 Å². The third-order valence-corrected chi connectivity index (χ3v) is 6.04. The van der Waals surface area contributed by atoms with E-state index in [-0.39, 0.29) is 24.2 Å². The number of benzene rings is 3. The molecule has 0 saturated heterocycles. The van der Waals surface area contributed by atoms with Crippen LogP contribution in [0.2, 0.25) is 0 Å². The fourth-order valence-electron chi connectivity index (χ4n) is 3.87. The molecule has 0 spiro atoms. The van der Waals surface area contributed by atoms with E-state index in [0.717, 1.165) is 24.0 Å². The molecule has 0 saturated carbocycles. The van der Waals surface area contributed by atoms with E-state index in [4.69, 9.17) is 0 Å². The van der Waals surface area contributed by atoms with Crippen LogP contribution < -0.4 is 5.32 Å². The van der Waals surface area contributed by atoms with E-state index < -0.39 is 6.04 Å². The zero-order valence-electron chi connectivity index (χ0n) is 19.6. The van der Waals surface area contributed by atoms with Crippen molar-refractivity contribution in [2.24, 2.45) is 5.92 Å². The van der Waals surface area contributed by atoms with Crippen molar-refractivity contribution < 1.29 is 9.59 Å². The second kappa shape index (κ2) is 12.6. The van der Waals surface area contributed by atoms with Gasteiger partial charge >= 0.3 is 0 Å². The summed E-state index contributed by atoms with van der Waals surface area (Å²) in [5.41, 5.74) is 3.21. The van der Waals surface area contributed by atoms with Gasteiger partial charge in [-0.2, -0.15) is 0 Å². The van der Waals surface area contributed by atoms with Crippen molar-refractivity contribution in [3.63, 3.8) is 0 Å². The minimum atomic E-state index is -0.550. The summed E-state index contributed by atoms with van der Waals surface area (Å²) < 4.78 is 0. The molecule has 0 heterocycles. The highest BCUT2D eigenvalue weighted by atomic mass is 16.2. The van der Waals surface area contributed by atoms with Crippen LogP contribution >= 0.6 is 0 Å². The quantitative estimate of drug-likeness (QED) is 0.453. The lowest BCUT2D eigenvalue weighted by Gasteiger charge is -2.31. The second-order valence-corrected chi connectivity index (χ2v) is 8.57. The van der Waals surface area contributed by atoms with E-state index in [1.807, 2.05) is 90.7 Å². The molecule has 0 aliphatic heterocycles. The Balaban J connectivity index is 1.76. The molecule has 3 aromatic rings. The highest BCUT2D eigenvalue weighted by molar-refractivity contribution is 5.88.